The Morgan fingerprint density at radius 3 is 2.71 bits per heavy atom. The third-order valence-corrected chi connectivity index (χ3v) is 4.88. The number of amides is 1. The van der Waals surface area contributed by atoms with E-state index in [2.05, 4.69) is 15.2 Å². The van der Waals surface area contributed by atoms with E-state index < -0.39 is 0 Å². The summed E-state index contributed by atoms with van der Waals surface area (Å²) in [5, 5.41) is 3.04. The number of fused-ring (bicyclic) bond motifs is 1. The zero-order chi connectivity index (χ0) is 19.3. The maximum Gasteiger partial charge on any atom is 0.270 e. The maximum absolute atomic E-state index is 12.7. The van der Waals surface area contributed by atoms with Crippen LogP contribution < -0.4 is 19.7 Å². The lowest BCUT2D eigenvalue weighted by Gasteiger charge is -2.28. The largest absolute Gasteiger partial charge is 0.486 e. The molecule has 7 nitrogen and oxygen atoms in total. The predicted octanol–water partition coefficient (Wildman–Crippen LogP) is 2.05. The molecule has 1 saturated heterocycles. The number of morpholine rings is 1. The topological polar surface area (TPSA) is 72.9 Å². The molecule has 0 saturated carbocycles. The normalized spacial score (nSPS) is 17.1. The molecule has 1 fully saturated rings. The van der Waals surface area contributed by atoms with E-state index in [9.17, 15) is 4.79 Å². The number of ether oxygens (including phenoxy) is 3. The number of benzene rings is 1. The van der Waals surface area contributed by atoms with Crippen molar-refractivity contribution < 1.29 is 19.0 Å². The first-order chi connectivity index (χ1) is 13.7. The van der Waals surface area contributed by atoms with E-state index in [1.165, 1.54) is 0 Å². The Bertz CT molecular complexity index is 836. The summed E-state index contributed by atoms with van der Waals surface area (Å²) >= 11 is 0. The molecule has 2 aromatic rings. The number of rotatable bonds is 5. The number of nitrogens with zero attached hydrogens (tertiary/aromatic N) is 2. The number of aromatic nitrogens is 1. The molecule has 3 heterocycles. The van der Waals surface area contributed by atoms with Crippen LogP contribution in [-0.2, 0) is 11.2 Å². The molecular formula is C21H25N3O4. The van der Waals surface area contributed by atoms with Crippen LogP contribution >= 0.6 is 0 Å². The minimum atomic E-state index is -0.167. The molecule has 1 atom stereocenters. The second-order valence-electron chi connectivity index (χ2n) is 7.06. The highest BCUT2D eigenvalue weighted by molar-refractivity contribution is 5.93. The van der Waals surface area contributed by atoms with Gasteiger partial charge in [-0.2, -0.15) is 0 Å². The fraction of sp³-hybridized carbons (Fsp3) is 0.429. The summed E-state index contributed by atoms with van der Waals surface area (Å²) < 4.78 is 16.6. The molecular weight excluding hydrogens is 358 g/mol. The van der Waals surface area contributed by atoms with Gasteiger partial charge in [-0.1, -0.05) is 6.07 Å². The summed E-state index contributed by atoms with van der Waals surface area (Å²) in [6.45, 7) is 6.19. The van der Waals surface area contributed by atoms with Gasteiger partial charge in [0.2, 0.25) is 0 Å². The fourth-order valence-electron chi connectivity index (χ4n) is 3.48. The van der Waals surface area contributed by atoms with Crippen LogP contribution in [0.3, 0.4) is 0 Å². The number of pyridine rings is 1. The number of carbonyl (C=O) groups is 1. The fourth-order valence-corrected chi connectivity index (χ4v) is 3.48. The second kappa shape index (κ2) is 8.48. The van der Waals surface area contributed by atoms with Gasteiger partial charge in [-0.05, 0) is 43.2 Å². The van der Waals surface area contributed by atoms with Crippen molar-refractivity contribution >= 4 is 11.6 Å². The Morgan fingerprint density at radius 1 is 1.11 bits per heavy atom. The summed E-state index contributed by atoms with van der Waals surface area (Å²) in [5.74, 6) is 1.37. The van der Waals surface area contributed by atoms with E-state index >= 15 is 0 Å². The summed E-state index contributed by atoms with van der Waals surface area (Å²) in [4.78, 5) is 19.1. The molecule has 4 rings (SSSR count). The molecule has 1 aromatic carbocycles. The van der Waals surface area contributed by atoms with Crippen LogP contribution in [0.1, 0.15) is 23.0 Å². The van der Waals surface area contributed by atoms with Crippen molar-refractivity contribution in [1.82, 2.24) is 10.3 Å². The van der Waals surface area contributed by atoms with Gasteiger partial charge in [0.05, 0.1) is 13.2 Å². The summed E-state index contributed by atoms with van der Waals surface area (Å²) in [5.41, 5.74) is 2.52. The van der Waals surface area contributed by atoms with Gasteiger partial charge in [-0.3, -0.25) is 9.78 Å². The van der Waals surface area contributed by atoms with Crippen LogP contribution in [0.2, 0.25) is 0 Å². The van der Waals surface area contributed by atoms with Gasteiger partial charge in [0.15, 0.2) is 11.5 Å². The molecule has 1 N–H and O–H groups in total. The molecule has 0 bridgehead atoms. The van der Waals surface area contributed by atoms with Gasteiger partial charge >= 0.3 is 0 Å². The number of carbonyl (C=O) groups excluding carboxylic acids is 1. The van der Waals surface area contributed by atoms with Crippen molar-refractivity contribution in [2.45, 2.75) is 19.4 Å². The number of nitrogens with one attached hydrogen (secondary N) is 1. The molecule has 1 amide bonds. The zero-order valence-corrected chi connectivity index (χ0v) is 16.0. The standard InChI is InChI=1S/C21H25N3O4/c1-15(12-16-2-3-19-20(13-16)28-11-10-27-19)23-21(25)18-14-17(4-5-22-18)24-6-8-26-9-7-24/h2-5,13-15H,6-12H2,1H3,(H,23,25)/t15-/m1/s1. The lowest BCUT2D eigenvalue weighted by molar-refractivity contribution is 0.0935. The maximum atomic E-state index is 12.7. The van der Waals surface area contributed by atoms with Crippen molar-refractivity contribution in [3.8, 4) is 11.5 Å². The molecule has 0 unspecified atom stereocenters. The first kappa shape index (κ1) is 18.6. The molecule has 0 aliphatic carbocycles. The Labute approximate surface area is 164 Å². The third kappa shape index (κ3) is 4.36. The van der Waals surface area contributed by atoms with Crippen LogP contribution in [0, 0.1) is 0 Å². The van der Waals surface area contributed by atoms with Crippen LogP contribution in [0.25, 0.3) is 0 Å². The van der Waals surface area contributed by atoms with Crippen LogP contribution in [-0.4, -0.2) is 56.5 Å². The van der Waals surface area contributed by atoms with Gasteiger partial charge in [-0.15, -0.1) is 0 Å². The van der Waals surface area contributed by atoms with Gasteiger partial charge < -0.3 is 24.4 Å². The third-order valence-electron chi connectivity index (χ3n) is 4.88. The van der Waals surface area contributed by atoms with Crippen LogP contribution in [0.15, 0.2) is 36.5 Å². The first-order valence-corrected chi connectivity index (χ1v) is 9.67. The number of anilines is 1. The average Bonchev–Trinajstić information content (AvgIpc) is 2.74. The molecule has 1 aromatic heterocycles. The Balaban J connectivity index is 1.38. The van der Waals surface area contributed by atoms with Crippen molar-refractivity contribution in [2.24, 2.45) is 0 Å². The average molecular weight is 383 g/mol. The van der Waals surface area contributed by atoms with E-state index in [4.69, 9.17) is 14.2 Å². The molecule has 148 valence electrons. The first-order valence-electron chi connectivity index (χ1n) is 9.67. The van der Waals surface area contributed by atoms with E-state index in [-0.39, 0.29) is 11.9 Å². The van der Waals surface area contributed by atoms with Gasteiger partial charge in [0.25, 0.3) is 5.91 Å². The minimum absolute atomic E-state index is 0.0381. The van der Waals surface area contributed by atoms with E-state index in [0.29, 0.717) is 38.5 Å². The monoisotopic (exact) mass is 383 g/mol. The number of hydrogen-bond donors (Lipinski definition) is 1. The zero-order valence-electron chi connectivity index (χ0n) is 16.0. The summed E-state index contributed by atoms with van der Waals surface area (Å²) in [7, 11) is 0. The summed E-state index contributed by atoms with van der Waals surface area (Å²) in [6.07, 6.45) is 2.39. The minimum Gasteiger partial charge on any atom is -0.486 e. The van der Waals surface area contributed by atoms with Crippen molar-refractivity contribution in [1.29, 1.82) is 0 Å². The van der Waals surface area contributed by atoms with E-state index in [0.717, 1.165) is 35.8 Å². The number of hydrogen-bond acceptors (Lipinski definition) is 6. The van der Waals surface area contributed by atoms with E-state index in [1.54, 1.807) is 6.20 Å². The highest BCUT2D eigenvalue weighted by Gasteiger charge is 2.17. The highest BCUT2D eigenvalue weighted by atomic mass is 16.6. The molecule has 0 spiro atoms. The summed E-state index contributed by atoms with van der Waals surface area (Å²) in [6, 6.07) is 9.65. The smallest absolute Gasteiger partial charge is 0.270 e. The Hall–Kier alpha value is -2.80. The van der Waals surface area contributed by atoms with Gasteiger partial charge in [0, 0.05) is 31.0 Å². The highest BCUT2D eigenvalue weighted by Crippen LogP contribution is 2.31. The Morgan fingerprint density at radius 2 is 1.89 bits per heavy atom. The van der Waals surface area contributed by atoms with Crippen molar-refractivity contribution in [3.05, 3.63) is 47.8 Å². The van der Waals surface area contributed by atoms with Crippen LogP contribution in [0.4, 0.5) is 5.69 Å². The van der Waals surface area contributed by atoms with Gasteiger partial charge in [-0.25, -0.2) is 0 Å². The molecule has 2 aliphatic rings. The predicted molar refractivity (Wildman–Crippen MR) is 105 cm³/mol. The van der Waals surface area contributed by atoms with E-state index in [1.807, 2.05) is 37.3 Å². The van der Waals surface area contributed by atoms with Crippen molar-refractivity contribution in [3.63, 3.8) is 0 Å². The lowest BCUT2D eigenvalue weighted by Crippen LogP contribution is -2.37. The SMILES string of the molecule is C[C@H](Cc1ccc2c(c1)OCCO2)NC(=O)c1cc(N2CCOCC2)ccn1. The second-order valence-corrected chi connectivity index (χ2v) is 7.06. The molecule has 7 heteroatoms. The molecule has 28 heavy (non-hydrogen) atoms. The van der Waals surface area contributed by atoms with Gasteiger partial charge in [0.1, 0.15) is 18.9 Å². The molecule has 0 radical (unpaired) electrons. The quantitative estimate of drug-likeness (QED) is 0.852. The molecule has 2 aliphatic heterocycles. The van der Waals surface area contributed by atoms with Crippen molar-refractivity contribution in [2.75, 3.05) is 44.4 Å². The van der Waals surface area contributed by atoms with Crippen LogP contribution in [0.5, 0.6) is 11.5 Å². The Kier molecular flexibility index (Phi) is 5.62. The lowest BCUT2D eigenvalue weighted by atomic mass is 10.1.